The number of hydrogen-bond acceptors (Lipinski definition) is 4. The minimum Gasteiger partial charge on any atom is -0.466 e. The molecule has 4 heteroatoms. The van der Waals surface area contributed by atoms with Gasteiger partial charge in [-0.15, -0.1) is 0 Å². The summed E-state index contributed by atoms with van der Waals surface area (Å²) in [6.07, 6.45) is 3.69. The van der Waals surface area contributed by atoms with Crippen LogP contribution in [0.2, 0.25) is 0 Å². The van der Waals surface area contributed by atoms with Gasteiger partial charge in [0.2, 0.25) is 0 Å². The molecule has 0 saturated heterocycles. The topological polar surface area (TPSA) is 51.2 Å². The van der Waals surface area contributed by atoms with Crippen molar-refractivity contribution in [2.75, 3.05) is 13.1 Å². The summed E-state index contributed by atoms with van der Waals surface area (Å²) in [5.74, 6) is 4.06. The summed E-state index contributed by atoms with van der Waals surface area (Å²) in [6.45, 7) is 10.4. The molecule has 0 bridgehead atoms. The Morgan fingerprint density at radius 1 is 1.25 bits per heavy atom. The molecule has 0 aliphatic heterocycles. The third kappa shape index (κ3) is 3.97. The molecule has 0 radical (unpaired) electrons. The van der Waals surface area contributed by atoms with Crippen LogP contribution in [0.1, 0.15) is 37.7 Å². The Hall–Kier alpha value is -1.55. The molecule has 0 spiro atoms. The molecule has 0 unspecified atom stereocenters. The van der Waals surface area contributed by atoms with E-state index in [2.05, 4.69) is 24.1 Å². The first-order chi connectivity index (χ1) is 9.56. The summed E-state index contributed by atoms with van der Waals surface area (Å²) >= 11 is 0. The molecule has 2 heterocycles. The number of nitrogens with zero attached hydrogens (tertiary/aromatic N) is 1. The van der Waals surface area contributed by atoms with Gasteiger partial charge in [-0.05, 0) is 45.3 Å². The number of oxazole rings is 1. The average Bonchev–Trinajstić information content (AvgIpc) is 2.95. The molecule has 0 saturated carbocycles. The Labute approximate surface area is 120 Å². The van der Waals surface area contributed by atoms with Gasteiger partial charge in [0, 0.05) is 6.42 Å². The molecular formula is C16H24N2O2. The summed E-state index contributed by atoms with van der Waals surface area (Å²) in [4.78, 5) is 4.34. The van der Waals surface area contributed by atoms with E-state index in [0.29, 0.717) is 5.92 Å². The van der Waals surface area contributed by atoms with Gasteiger partial charge >= 0.3 is 0 Å². The predicted molar refractivity (Wildman–Crippen MR) is 79.7 cm³/mol. The van der Waals surface area contributed by atoms with E-state index in [9.17, 15) is 0 Å². The van der Waals surface area contributed by atoms with Crippen LogP contribution in [-0.4, -0.2) is 18.1 Å². The number of nitrogens with one attached hydrogen (secondary N) is 1. The fourth-order valence-electron chi connectivity index (χ4n) is 2.18. The molecule has 0 atom stereocenters. The molecule has 4 nitrogen and oxygen atoms in total. The third-order valence-electron chi connectivity index (χ3n) is 3.16. The Balaban J connectivity index is 1.85. The second-order valence-electron chi connectivity index (χ2n) is 5.65. The highest BCUT2D eigenvalue weighted by atomic mass is 16.4. The SMILES string of the molecule is Cc1cc(-c2cnc(CCCNCC(C)C)o2)c(C)o1. The lowest BCUT2D eigenvalue weighted by atomic mass is 10.2. The fourth-order valence-corrected chi connectivity index (χ4v) is 2.18. The minimum atomic E-state index is 0.690. The Kier molecular flexibility index (Phi) is 5.01. The maximum Gasteiger partial charge on any atom is 0.194 e. The van der Waals surface area contributed by atoms with Gasteiger partial charge in [-0.3, -0.25) is 0 Å². The zero-order valence-corrected chi connectivity index (χ0v) is 12.8. The molecule has 20 heavy (non-hydrogen) atoms. The van der Waals surface area contributed by atoms with Gasteiger partial charge < -0.3 is 14.2 Å². The highest BCUT2D eigenvalue weighted by molar-refractivity contribution is 5.59. The number of rotatable bonds is 7. The lowest BCUT2D eigenvalue weighted by molar-refractivity contribution is 0.479. The zero-order chi connectivity index (χ0) is 14.5. The Bertz CT molecular complexity index is 540. The molecule has 0 aliphatic carbocycles. The van der Waals surface area contributed by atoms with Crippen molar-refractivity contribution in [2.24, 2.45) is 5.92 Å². The van der Waals surface area contributed by atoms with E-state index in [1.54, 1.807) is 6.20 Å². The molecule has 2 rings (SSSR count). The maximum absolute atomic E-state index is 5.79. The van der Waals surface area contributed by atoms with Crippen molar-refractivity contribution in [1.29, 1.82) is 0 Å². The van der Waals surface area contributed by atoms with Crippen molar-refractivity contribution >= 4 is 0 Å². The van der Waals surface area contributed by atoms with Crippen LogP contribution < -0.4 is 5.32 Å². The van der Waals surface area contributed by atoms with E-state index in [1.165, 1.54) is 0 Å². The summed E-state index contributed by atoms with van der Waals surface area (Å²) < 4.78 is 11.3. The highest BCUT2D eigenvalue weighted by Gasteiger charge is 2.12. The van der Waals surface area contributed by atoms with E-state index in [1.807, 2.05) is 19.9 Å². The van der Waals surface area contributed by atoms with Crippen LogP contribution >= 0.6 is 0 Å². The van der Waals surface area contributed by atoms with Crippen LogP contribution in [0.15, 0.2) is 21.1 Å². The van der Waals surface area contributed by atoms with Crippen LogP contribution in [0.3, 0.4) is 0 Å². The lowest BCUT2D eigenvalue weighted by Gasteiger charge is -2.05. The first-order valence-electron chi connectivity index (χ1n) is 7.29. The van der Waals surface area contributed by atoms with E-state index < -0.39 is 0 Å². The van der Waals surface area contributed by atoms with Crippen molar-refractivity contribution < 1.29 is 8.83 Å². The normalized spacial score (nSPS) is 11.4. The monoisotopic (exact) mass is 276 g/mol. The second kappa shape index (κ2) is 6.75. The first-order valence-corrected chi connectivity index (χ1v) is 7.29. The van der Waals surface area contributed by atoms with E-state index in [4.69, 9.17) is 8.83 Å². The zero-order valence-electron chi connectivity index (χ0n) is 12.8. The molecule has 110 valence electrons. The van der Waals surface area contributed by atoms with Crippen molar-refractivity contribution in [3.05, 3.63) is 29.7 Å². The maximum atomic E-state index is 5.79. The average molecular weight is 276 g/mol. The number of furan rings is 1. The number of aryl methyl sites for hydroxylation is 3. The third-order valence-corrected chi connectivity index (χ3v) is 3.16. The summed E-state index contributed by atoms with van der Waals surface area (Å²) in [5, 5.41) is 3.42. The molecule has 0 aromatic carbocycles. The quantitative estimate of drug-likeness (QED) is 0.783. The second-order valence-corrected chi connectivity index (χ2v) is 5.65. The summed E-state index contributed by atoms with van der Waals surface area (Å²) in [7, 11) is 0. The molecule has 1 N–H and O–H groups in total. The highest BCUT2D eigenvalue weighted by Crippen LogP contribution is 2.27. The van der Waals surface area contributed by atoms with Gasteiger partial charge in [-0.1, -0.05) is 13.8 Å². The van der Waals surface area contributed by atoms with Gasteiger partial charge in [0.05, 0.1) is 11.8 Å². The number of aromatic nitrogens is 1. The first kappa shape index (κ1) is 14.9. The molecule has 2 aromatic rings. The molecule has 2 aromatic heterocycles. The largest absolute Gasteiger partial charge is 0.466 e. The van der Waals surface area contributed by atoms with Gasteiger partial charge in [0.25, 0.3) is 0 Å². The van der Waals surface area contributed by atoms with Crippen LogP contribution in [0.4, 0.5) is 0 Å². The standard InChI is InChI=1S/C16H24N2O2/c1-11(2)9-17-7-5-6-16-18-10-15(20-16)14-8-12(3)19-13(14)4/h8,10-11,17H,5-7,9H2,1-4H3. The van der Waals surface area contributed by atoms with E-state index in [-0.39, 0.29) is 0 Å². The Morgan fingerprint density at radius 2 is 2.05 bits per heavy atom. The smallest absolute Gasteiger partial charge is 0.194 e. The van der Waals surface area contributed by atoms with Crippen molar-refractivity contribution in [3.8, 4) is 11.3 Å². The van der Waals surface area contributed by atoms with Gasteiger partial charge in [0.15, 0.2) is 11.7 Å². The molecule has 0 fully saturated rings. The van der Waals surface area contributed by atoms with Crippen LogP contribution in [0.5, 0.6) is 0 Å². The van der Waals surface area contributed by atoms with E-state index in [0.717, 1.165) is 54.7 Å². The molecule has 0 aliphatic rings. The van der Waals surface area contributed by atoms with Gasteiger partial charge in [-0.2, -0.15) is 0 Å². The fraction of sp³-hybridized carbons (Fsp3) is 0.562. The number of hydrogen-bond donors (Lipinski definition) is 1. The lowest BCUT2D eigenvalue weighted by Crippen LogP contribution is -2.21. The van der Waals surface area contributed by atoms with Crippen LogP contribution in [0.25, 0.3) is 11.3 Å². The van der Waals surface area contributed by atoms with E-state index >= 15 is 0 Å². The molecular weight excluding hydrogens is 252 g/mol. The van der Waals surface area contributed by atoms with Crippen LogP contribution in [-0.2, 0) is 6.42 Å². The van der Waals surface area contributed by atoms with Crippen molar-refractivity contribution in [3.63, 3.8) is 0 Å². The summed E-state index contributed by atoms with van der Waals surface area (Å²) in [5.41, 5.74) is 0.999. The molecule has 0 amide bonds. The van der Waals surface area contributed by atoms with Crippen molar-refractivity contribution in [1.82, 2.24) is 10.3 Å². The van der Waals surface area contributed by atoms with Crippen molar-refractivity contribution in [2.45, 2.75) is 40.5 Å². The van der Waals surface area contributed by atoms with Gasteiger partial charge in [0.1, 0.15) is 11.5 Å². The van der Waals surface area contributed by atoms with Crippen LogP contribution in [0, 0.1) is 19.8 Å². The minimum absolute atomic E-state index is 0.690. The Morgan fingerprint density at radius 3 is 2.70 bits per heavy atom. The van der Waals surface area contributed by atoms with Gasteiger partial charge in [-0.25, -0.2) is 4.98 Å². The predicted octanol–water partition coefficient (Wildman–Crippen LogP) is 3.73. The summed E-state index contributed by atoms with van der Waals surface area (Å²) in [6, 6.07) is 1.99.